The smallest absolute Gasteiger partial charge is 0.271 e. The van der Waals surface area contributed by atoms with Crippen LogP contribution < -0.4 is 5.69 Å². The summed E-state index contributed by atoms with van der Waals surface area (Å²) in [6.45, 7) is 0. The molecule has 1 atom stereocenters. The van der Waals surface area contributed by atoms with Crippen LogP contribution >= 0.6 is 11.8 Å². The highest BCUT2D eigenvalue weighted by Crippen LogP contribution is 2.33. The van der Waals surface area contributed by atoms with Gasteiger partial charge >= 0.3 is 18.2 Å². The first-order chi connectivity index (χ1) is 13.3. The van der Waals surface area contributed by atoms with E-state index in [1.54, 1.807) is 18.1 Å². The molecule has 2 aromatic rings. The summed E-state index contributed by atoms with van der Waals surface area (Å²) < 4.78 is 44.0. The topological polar surface area (TPSA) is 54.1 Å². The van der Waals surface area contributed by atoms with E-state index in [0.29, 0.717) is 17.9 Å². The number of imidazole rings is 1. The third-order valence-electron chi connectivity index (χ3n) is 4.53. The summed E-state index contributed by atoms with van der Waals surface area (Å²) in [6, 6.07) is 2.21. The molecule has 0 fully saturated rings. The zero-order valence-corrected chi connectivity index (χ0v) is 15.6. The van der Waals surface area contributed by atoms with Crippen molar-refractivity contribution in [3.05, 3.63) is 64.1 Å². The lowest BCUT2D eigenvalue weighted by atomic mass is 10.1. The second kappa shape index (κ2) is 7.08. The van der Waals surface area contributed by atoms with Gasteiger partial charge in [0.15, 0.2) is 0 Å². The number of azo groups is 1. The normalized spacial score (nSPS) is 19.7. The lowest BCUT2D eigenvalue weighted by Crippen LogP contribution is -2.21. The van der Waals surface area contributed by atoms with Gasteiger partial charge in [-0.25, -0.2) is 9.37 Å². The minimum atomic E-state index is -4.53. The van der Waals surface area contributed by atoms with E-state index >= 15 is 0 Å². The number of fused-ring (bicyclic) bond motifs is 1. The van der Waals surface area contributed by atoms with Gasteiger partial charge in [0, 0.05) is 23.0 Å². The molecule has 0 spiro atoms. The van der Waals surface area contributed by atoms with E-state index in [-0.39, 0.29) is 11.7 Å². The Morgan fingerprint density at radius 3 is 2.93 bits per heavy atom. The lowest BCUT2D eigenvalue weighted by molar-refractivity contribution is -0.521. The number of hydrogen-bond acceptors (Lipinski definition) is 4. The summed E-state index contributed by atoms with van der Waals surface area (Å²) in [5.41, 5.74) is -0.888. The molecule has 0 saturated heterocycles. The summed E-state index contributed by atoms with van der Waals surface area (Å²) in [5, 5.41) is 7.97. The molecular formula is C18H16F3N5OS+. The summed E-state index contributed by atoms with van der Waals surface area (Å²) in [7, 11) is 1.89. The first-order valence-corrected chi connectivity index (χ1v) is 9.45. The van der Waals surface area contributed by atoms with Crippen LogP contribution in [0.25, 0.3) is 11.2 Å². The van der Waals surface area contributed by atoms with Crippen molar-refractivity contribution in [3.8, 4) is 0 Å². The summed E-state index contributed by atoms with van der Waals surface area (Å²) in [5.74, 6) is 0.671. The van der Waals surface area contributed by atoms with Gasteiger partial charge in [-0.05, 0) is 36.2 Å². The van der Waals surface area contributed by atoms with Crippen LogP contribution in [0.15, 0.2) is 56.6 Å². The van der Waals surface area contributed by atoms with Gasteiger partial charge in [0.1, 0.15) is 0 Å². The third-order valence-corrected chi connectivity index (χ3v) is 5.58. The number of rotatable bonds is 4. The Bertz CT molecular complexity index is 1110. The zero-order valence-electron chi connectivity index (χ0n) is 14.8. The van der Waals surface area contributed by atoms with Gasteiger partial charge in [-0.15, -0.1) is 11.8 Å². The fourth-order valence-corrected chi connectivity index (χ4v) is 4.11. The summed E-state index contributed by atoms with van der Waals surface area (Å²) in [4.78, 5) is 13.6. The molecule has 1 unspecified atom stereocenters. The van der Waals surface area contributed by atoms with E-state index in [2.05, 4.69) is 10.2 Å². The molecule has 2 aliphatic rings. The molecule has 10 heteroatoms. The fourth-order valence-electron chi connectivity index (χ4n) is 3.05. The van der Waals surface area contributed by atoms with E-state index in [0.717, 1.165) is 15.4 Å². The number of thioether (sulfide) groups is 1. The van der Waals surface area contributed by atoms with E-state index in [9.17, 15) is 18.0 Å². The van der Waals surface area contributed by atoms with Crippen LogP contribution in [-0.2, 0) is 6.18 Å². The molecule has 1 aliphatic carbocycles. The number of halogens is 3. The lowest BCUT2D eigenvalue weighted by Gasteiger charge is -2.14. The van der Waals surface area contributed by atoms with E-state index in [1.807, 2.05) is 30.2 Å². The average molecular weight is 407 g/mol. The van der Waals surface area contributed by atoms with E-state index in [4.69, 9.17) is 0 Å². The molecule has 0 aromatic carbocycles. The minimum absolute atomic E-state index is 0.0567. The summed E-state index contributed by atoms with van der Waals surface area (Å²) in [6.07, 6.45) is 5.78. The van der Waals surface area contributed by atoms with Crippen LogP contribution in [-0.4, -0.2) is 38.8 Å². The van der Waals surface area contributed by atoms with E-state index < -0.39 is 17.4 Å². The SMILES string of the molecule is C[N+]1=CN=NC1CSC1=C[CH]CC(n2cc3c(C(F)(F)F)cccn3c2=O)=C1. The van der Waals surface area contributed by atoms with Crippen molar-refractivity contribution in [3.63, 3.8) is 0 Å². The molecule has 4 rings (SSSR count). The number of alkyl halides is 3. The molecule has 2 aromatic heterocycles. The van der Waals surface area contributed by atoms with Crippen LogP contribution in [0.3, 0.4) is 0 Å². The van der Waals surface area contributed by atoms with E-state index in [1.165, 1.54) is 23.0 Å². The molecule has 1 radical (unpaired) electrons. The fraction of sp³-hybridized carbons (Fsp3) is 0.278. The van der Waals surface area contributed by atoms with Gasteiger partial charge in [0.25, 0.3) is 0 Å². The Morgan fingerprint density at radius 1 is 1.39 bits per heavy atom. The number of allylic oxidation sites excluding steroid dienone is 3. The van der Waals surface area contributed by atoms with Gasteiger partial charge in [-0.1, -0.05) is 6.08 Å². The maximum atomic E-state index is 13.3. The minimum Gasteiger partial charge on any atom is -0.271 e. The van der Waals surface area contributed by atoms with Crippen molar-refractivity contribution in [1.82, 2.24) is 8.97 Å². The molecule has 28 heavy (non-hydrogen) atoms. The Kier molecular flexibility index (Phi) is 4.74. The second-order valence-corrected chi connectivity index (χ2v) is 7.50. The Labute approximate surface area is 162 Å². The Balaban J connectivity index is 1.64. The number of aromatic nitrogens is 2. The van der Waals surface area contributed by atoms with Crippen molar-refractivity contribution < 1.29 is 17.7 Å². The highest BCUT2D eigenvalue weighted by Gasteiger charge is 2.33. The maximum Gasteiger partial charge on any atom is 0.418 e. The first-order valence-electron chi connectivity index (χ1n) is 8.47. The predicted molar refractivity (Wildman–Crippen MR) is 101 cm³/mol. The van der Waals surface area contributed by atoms with Gasteiger partial charge in [0.2, 0.25) is 6.17 Å². The third kappa shape index (κ3) is 3.44. The molecule has 1 aliphatic heterocycles. The molecule has 3 heterocycles. The highest BCUT2D eigenvalue weighted by molar-refractivity contribution is 8.03. The van der Waals surface area contributed by atoms with Crippen molar-refractivity contribution in [2.24, 2.45) is 10.2 Å². The van der Waals surface area contributed by atoms with Crippen molar-refractivity contribution >= 4 is 29.3 Å². The molecule has 6 nitrogen and oxygen atoms in total. The number of pyridine rings is 1. The van der Waals surface area contributed by atoms with Crippen molar-refractivity contribution in [1.29, 1.82) is 0 Å². The molecule has 0 saturated carbocycles. The molecule has 0 amide bonds. The molecular weight excluding hydrogens is 391 g/mol. The van der Waals surface area contributed by atoms with Crippen LogP contribution in [0.1, 0.15) is 12.0 Å². The second-order valence-electron chi connectivity index (χ2n) is 6.40. The average Bonchev–Trinajstić information content (AvgIpc) is 3.22. The quantitative estimate of drug-likeness (QED) is 0.727. The largest absolute Gasteiger partial charge is 0.418 e. The predicted octanol–water partition coefficient (Wildman–Crippen LogP) is 3.65. The maximum absolute atomic E-state index is 13.3. The summed E-state index contributed by atoms with van der Waals surface area (Å²) >= 11 is 1.55. The van der Waals surface area contributed by atoms with Crippen molar-refractivity contribution in [2.45, 2.75) is 18.8 Å². The van der Waals surface area contributed by atoms with Gasteiger partial charge in [-0.2, -0.15) is 13.2 Å². The zero-order chi connectivity index (χ0) is 19.9. The van der Waals surface area contributed by atoms with Crippen LogP contribution in [0.5, 0.6) is 0 Å². The van der Waals surface area contributed by atoms with Crippen LogP contribution in [0.4, 0.5) is 13.2 Å². The Hall–Kier alpha value is -2.62. The van der Waals surface area contributed by atoms with Crippen LogP contribution in [0.2, 0.25) is 0 Å². The monoisotopic (exact) mass is 407 g/mol. The molecule has 145 valence electrons. The van der Waals surface area contributed by atoms with Gasteiger partial charge in [0.05, 0.1) is 29.0 Å². The molecule has 0 bridgehead atoms. The van der Waals surface area contributed by atoms with Gasteiger partial charge in [-0.3, -0.25) is 8.97 Å². The number of nitrogens with zero attached hydrogens (tertiary/aromatic N) is 5. The Morgan fingerprint density at radius 2 is 2.21 bits per heavy atom. The van der Waals surface area contributed by atoms with Crippen molar-refractivity contribution in [2.75, 3.05) is 12.8 Å². The number of hydrogen-bond donors (Lipinski definition) is 0. The molecule has 0 N–H and O–H groups in total. The van der Waals surface area contributed by atoms with Crippen LogP contribution in [0, 0.1) is 6.42 Å². The highest BCUT2D eigenvalue weighted by atomic mass is 32.2. The standard InChI is InChI=1S/C18H16F3N5OS/c1-24-11-22-23-16(24)10-28-13-5-2-4-12(8-13)26-9-15-14(18(19,20)21)6-3-7-25(15)17(26)27/h2-3,5-9,11,16H,4,10H2,1H3/q+1. The first kappa shape index (κ1) is 18.7. The van der Waals surface area contributed by atoms with Gasteiger partial charge < -0.3 is 0 Å².